The summed E-state index contributed by atoms with van der Waals surface area (Å²) in [5, 5.41) is 9.11. The van der Waals surface area contributed by atoms with Gasteiger partial charge >= 0.3 is 0 Å². The zero-order chi connectivity index (χ0) is 7.68. The summed E-state index contributed by atoms with van der Waals surface area (Å²) in [6.45, 7) is 2.96. The molecule has 2 rings (SSSR count). The van der Waals surface area contributed by atoms with E-state index in [1.807, 2.05) is 0 Å². The molecule has 0 bridgehead atoms. The highest BCUT2D eigenvalue weighted by atomic mass is 16.3. The van der Waals surface area contributed by atoms with Crippen molar-refractivity contribution in [2.45, 2.75) is 31.7 Å². The number of hydrogen-bond donors (Lipinski definition) is 1. The van der Waals surface area contributed by atoms with Gasteiger partial charge in [-0.15, -0.1) is 0 Å². The number of piperidine rings is 1. The van der Waals surface area contributed by atoms with Crippen LogP contribution in [-0.2, 0) is 0 Å². The fourth-order valence-electron chi connectivity index (χ4n) is 2.63. The van der Waals surface area contributed by atoms with Crippen LogP contribution in [0.3, 0.4) is 0 Å². The van der Waals surface area contributed by atoms with Crippen molar-refractivity contribution < 1.29 is 5.11 Å². The quantitative estimate of drug-likeness (QED) is 0.607. The summed E-state index contributed by atoms with van der Waals surface area (Å²) < 4.78 is 0. The molecule has 2 heterocycles. The maximum absolute atomic E-state index is 9.11. The Bertz CT molecular complexity index is 138. The lowest BCUT2D eigenvalue weighted by molar-refractivity contribution is 0.0850. The molecule has 0 aromatic carbocycles. The minimum atomic E-state index is 0.404. The Morgan fingerprint density at radius 3 is 2.64 bits per heavy atom. The highest BCUT2D eigenvalue weighted by Gasteiger charge is 2.33. The van der Waals surface area contributed by atoms with Crippen molar-refractivity contribution in [2.24, 2.45) is 5.92 Å². The molecule has 0 aromatic rings. The third kappa shape index (κ3) is 1.30. The largest absolute Gasteiger partial charge is 0.396 e. The molecule has 2 heteroatoms. The van der Waals surface area contributed by atoms with Crippen LogP contribution >= 0.6 is 0 Å². The number of aliphatic hydroxyl groups is 1. The Kier molecular flexibility index (Phi) is 2.14. The van der Waals surface area contributed by atoms with Gasteiger partial charge in [0.2, 0.25) is 0 Å². The molecule has 2 aliphatic heterocycles. The smallest absolute Gasteiger partial charge is 0.0474 e. The first kappa shape index (κ1) is 7.56. The van der Waals surface area contributed by atoms with E-state index in [9.17, 15) is 0 Å². The van der Waals surface area contributed by atoms with Gasteiger partial charge in [-0.3, -0.25) is 0 Å². The monoisotopic (exact) mass is 155 g/mol. The summed E-state index contributed by atoms with van der Waals surface area (Å²) >= 11 is 0. The molecule has 11 heavy (non-hydrogen) atoms. The topological polar surface area (TPSA) is 23.5 Å². The Hall–Kier alpha value is -0.0800. The second kappa shape index (κ2) is 3.11. The van der Waals surface area contributed by atoms with E-state index in [0.29, 0.717) is 12.5 Å². The predicted molar refractivity (Wildman–Crippen MR) is 44.4 cm³/mol. The maximum Gasteiger partial charge on any atom is 0.0474 e. The summed E-state index contributed by atoms with van der Waals surface area (Å²) in [7, 11) is 0. The van der Waals surface area contributed by atoms with E-state index in [4.69, 9.17) is 5.11 Å². The van der Waals surface area contributed by atoms with Gasteiger partial charge in [-0.1, -0.05) is 0 Å². The highest BCUT2D eigenvalue weighted by Crippen LogP contribution is 2.30. The number of hydrogen-bond acceptors (Lipinski definition) is 2. The highest BCUT2D eigenvalue weighted by molar-refractivity contribution is 4.88. The SMILES string of the molecule is OCC1CCCN2CCCC12. The molecule has 2 atom stereocenters. The standard InChI is InChI=1S/C9H17NO/c11-7-8-3-1-5-10-6-2-4-9(8)10/h8-9,11H,1-7H2. The second-order valence-corrected chi connectivity index (χ2v) is 3.83. The molecule has 0 spiro atoms. The van der Waals surface area contributed by atoms with Crippen LogP contribution in [0.1, 0.15) is 25.7 Å². The number of aliphatic hydroxyl groups excluding tert-OH is 1. The van der Waals surface area contributed by atoms with Gasteiger partial charge in [-0.25, -0.2) is 0 Å². The van der Waals surface area contributed by atoms with Crippen LogP contribution in [0.2, 0.25) is 0 Å². The Balaban J connectivity index is 2.00. The molecular formula is C9H17NO. The summed E-state index contributed by atoms with van der Waals surface area (Å²) in [5.41, 5.74) is 0. The minimum Gasteiger partial charge on any atom is -0.396 e. The van der Waals surface area contributed by atoms with Crippen molar-refractivity contribution in [2.75, 3.05) is 19.7 Å². The Labute approximate surface area is 68.2 Å². The van der Waals surface area contributed by atoms with Gasteiger partial charge in [0.1, 0.15) is 0 Å². The van der Waals surface area contributed by atoms with Gasteiger partial charge in [-0.2, -0.15) is 0 Å². The summed E-state index contributed by atoms with van der Waals surface area (Å²) in [6.07, 6.45) is 5.21. The van der Waals surface area contributed by atoms with Crippen molar-refractivity contribution >= 4 is 0 Å². The first-order chi connectivity index (χ1) is 5.42. The van der Waals surface area contributed by atoms with Crippen molar-refractivity contribution in [3.8, 4) is 0 Å². The molecule has 64 valence electrons. The van der Waals surface area contributed by atoms with Crippen molar-refractivity contribution in [1.82, 2.24) is 4.90 Å². The third-order valence-electron chi connectivity index (χ3n) is 3.21. The predicted octanol–water partition coefficient (Wildman–Crippen LogP) is 0.853. The Morgan fingerprint density at radius 2 is 1.91 bits per heavy atom. The van der Waals surface area contributed by atoms with E-state index in [2.05, 4.69) is 4.90 Å². The lowest BCUT2D eigenvalue weighted by Gasteiger charge is -2.35. The molecule has 0 aromatic heterocycles. The first-order valence-electron chi connectivity index (χ1n) is 4.76. The molecule has 0 aliphatic carbocycles. The van der Waals surface area contributed by atoms with Gasteiger partial charge < -0.3 is 10.0 Å². The second-order valence-electron chi connectivity index (χ2n) is 3.83. The van der Waals surface area contributed by atoms with Crippen molar-refractivity contribution in [1.29, 1.82) is 0 Å². The summed E-state index contributed by atoms with van der Waals surface area (Å²) in [4.78, 5) is 2.56. The van der Waals surface area contributed by atoms with Crippen LogP contribution < -0.4 is 0 Å². The molecule has 2 aliphatic rings. The van der Waals surface area contributed by atoms with Gasteiger partial charge in [0.05, 0.1) is 0 Å². The lowest BCUT2D eigenvalue weighted by Crippen LogP contribution is -2.41. The fourth-order valence-corrected chi connectivity index (χ4v) is 2.63. The average molecular weight is 155 g/mol. The lowest BCUT2D eigenvalue weighted by atomic mass is 9.90. The number of fused-ring (bicyclic) bond motifs is 1. The summed E-state index contributed by atoms with van der Waals surface area (Å²) in [6, 6.07) is 0.730. The molecule has 0 radical (unpaired) electrons. The van der Waals surface area contributed by atoms with Crippen molar-refractivity contribution in [3.63, 3.8) is 0 Å². The van der Waals surface area contributed by atoms with Crippen LogP contribution in [0.4, 0.5) is 0 Å². The fraction of sp³-hybridized carbons (Fsp3) is 1.00. The molecule has 2 unspecified atom stereocenters. The van der Waals surface area contributed by atoms with E-state index in [-0.39, 0.29) is 0 Å². The van der Waals surface area contributed by atoms with E-state index < -0.39 is 0 Å². The van der Waals surface area contributed by atoms with Gasteiger partial charge in [0.25, 0.3) is 0 Å². The van der Waals surface area contributed by atoms with Gasteiger partial charge in [0.15, 0.2) is 0 Å². The van der Waals surface area contributed by atoms with E-state index >= 15 is 0 Å². The van der Waals surface area contributed by atoms with Gasteiger partial charge in [0, 0.05) is 12.6 Å². The minimum absolute atomic E-state index is 0.404. The van der Waals surface area contributed by atoms with E-state index in [1.165, 1.54) is 38.8 Å². The zero-order valence-corrected chi connectivity index (χ0v) is 7.00. The average Bonchev–Trinajstić information content (AvgIpc) is 2.50. The molecule has 2 nitrogen and oxygen atoms in total. The van der Waals surface area contributed by atoms with Crippen LogP contribution in [-0.4, -0.2) is 35.7 Å². The first-order valence-corrected chi connectivity index (χ1v) is 4.76. The van der Waals surface area contributed by atoms with Gasteiger partial charge in [-0.05, 0) is 44.7 Å². The van der Waals surface area contributed by atoms with Crippen LogP contribution in [0.5, 0.6) is 0 Å². The number of rotatable bonds is 1. The molecule has 0 amide bonds. The van der Waals surface area contributed by atoms with Crippen molar-refractivity contribution in [3.05, 3.63) is 0 Å². The van der Waals surface area contributed by atoms with E-state index in [1.54, 1.807) is 0 Å². The van der Waals surface area contributed by atoms with Crippen LogP contribution in [0.15, 0.2) is 0 Å². The Morgan fingerprint density at radius 1 is 1.18 bits per heavy atom. The molecule has 2 saturated heterocycles. The molecular weight excluding hydrogens is 138 g/mol. The third-order valence-corrected chi connectivity index (χ3v) is 3.21. The molecule has 2 fully saturated rings. The van der Waals surface area contributed by atoms with Crippen LogP contribution in [0.25, 0.3) is 0 Å². The van der Waals surface area contributed by atoms with E-state index in [0.717, 1.165) is 6.04 Å². The normalized spacial score (nSPS) is 39.0. The summed E-state index contributed by atoms with van der Waals surface area (Å²) in [5.74, 6) is 0.589. The zero-order valence-electron chi connectivity index (χ0n) is 7.00. The molecule has 0 saturated carbocycles. The molecule has 1 N–H and O–H groups in total. The number of nitrogens with zero attached hydrogens (tertiary/aromatic N) is 1. The maximum atomic E-state index is 9.11. The van der Waals surface area contributed by atoms with Crippen LogP contribution in [0, 0.1) is 5.92 Å².